The third-order valence-corrected chi connectivity index (χ3v) is 4.63. The minimum Gasteiger partial charge on any atom is -0.496 e. The third kappa shape index (κ3) is 2.82. The largest absolute Gasteiger partial charge is 0.496 e. The summed E-state index contributed by atoms with van der Waals surface area (Å²) in [6.45, 7) is 4.26. The van der Waals surface area contributed by atoms with Gasteiger partial charge in [0.25, 0.3) is 0 Å². The van der Waals surface area contributed by atoms with Gasteiger partial charge in [0.2, 0.25) is 0 Å². The highest BCUT2D eigenvalue weighted by Gasteiger charge is 2.18. The average molecular weight is 324 g/mol. The van der Waals surface area contributed by atoms with E-state index in [1.54, 1.807) is 7.11 Å². The number of anilines is 1. The number of benzene rings is 1. The maximum absolute atomic E-state index is 5.48. The van der Waals surface area contributed by atoms with Crippen molar-refractivity contribution in [1.29, 1.82) is 0 Å². The van der Waals surface area contributed by atoms with E-state index in [2.05, 4.69) is 47.2 Å². The first kappa shape index (κ1) is 16.3. The van der Waals surface area contributed by atoms with Crippen LogP contribution in [0.25, 0.3) is 11.0 Å². The van der Waals surface area contributed by atoms with E-state index >= 15 is 0 Å². The molecule has 3 rings (SSSR count). The number of hydrogen-bond donors (Lipinski definition) is 0. The molecule has 126 valence electrons. The third-order valence-electron chi connectivity index (χ3n) is 4.63. The summed E-state index contributed by atoms with van der Waals surface area (Å²) in [6.07, 6.45) is 2.76. The molecule has 0 bridgehead atoms. The van der Waals surface area contributed by atoms with Gasteiger partial charge in [-0.3, -0.25) is 4.68 Å². The minimum absolute atomic E-state index is 0.312. The van der Waals surface area contributed by atoms with E-state index in [1.807, 2.05) is 37.0 Å². The fourth-order valence-corrected chi connectivity index (χ4v) is 3.21. The maximum atomic E-state index is 5.48. The highest BCUT2D eigenvalue weighted by Crippen LogP contribution is 2.29. The van der Waals surface area contributed by atoms with Gasteiger partial charge in [-0.15, -0.1) is 0 Å². The Balaban J connectivity index is 1.93. The summed E-state index contributed by atoms with van der Waals surface area (Å²) >= 11 is 0. The van der Waals surface area contributed by atoms with E-state index in [9.17, 15) is 0 Å². The van der Waals surface area contributed by atoms with Crippen molar-refractivity contribution < 1.29 is 4.74 Å². The number of aromatic nitrogens is 3. The van der Waals surface area contributed by atoms with Crippen molar-refractivity contribution in [3.63, 3.8) is 0 Å². The van der Waals surface area contributed by atoms with Crippen molar-refractivity contribution in [2.45, 2.75) is 26.3 Å². The number of nitrogens with zero attached hydrogens (tertiary/aromatic N) is 4. The molecule has 5 nitrogen and oxygen atoms in total. The van der Waals surface area contributed by atoms with Gasteiger partial charge in [-0.25, -0.2) is 4.98 Å². The molecule has 0 amide bonds. The first-order chi connectivity index (χ1) is 11.5. The Kier molecular flexibility index (Phi) is 4.42. The van der Waals surface area contributed by atoms with Crippen molar-refractivity contribution in [3.8, 4) is 5.75 Å². The number of likely N-dealkylation sites (N-methyl/N-ethyl adjacent to an activating group) is 1. The first-order valence-corrected chi connectivity index (χ1v) is 8.16. The normalized spacial score (nSPS) is 12.4. The second kappa shape index (κ2) is 6.51. The molecular formula is C19H24N4O. The van der Waals surface area contributed by atoms with Crippen LogP contribution in [0, 0.1) is 6.92 Å². The van der Waals surface area contributed by atoms with Gasteiger partial charge in [0, 0.05) is 26.3 Å². The molecule has 0 saturated carbocycles. The predicted octanol–water partition coefficient (Wildman–Crippen LogP) is 3.35. The van der Waals surface area contributed by atoms with Crippen molar-refractivity contribution in [3.05, 3.63) is 47.8 Å². The minimum atomic E-state index is 0.312. The number of hydrogen-bond acceptors (Lipinski definition) is 4. The van der Waals surface area contributed by atoms with E-state index < -0.39 is 0 Å². The molecule has 1 unspecified atom stereocenters. The van der Waals surface area contributed by atoms with E-state index in [0.717, 1.165) is 34.6 Å². The molecule has 0 aliphatic rings. The quantitative estimate of drug-likeness (QED) is 0.722. The summed E-state index contributed by atoms with van der Waals surface area (Å²) in [4.78, 5) is 6.77. The summed E-state index contributed by atoms with van der Waals surface area (Å²) in [6, 6.07) is 10.6. The van der Waals surface area contributed by atoms with Crippen molar-refractivity contribution in [2.75, 3.05) is 19.1 Å². The number of ether oxygens (including phenoxy) is 1. The van der Waals surface area contributed by atoms with E-state index in [4.69, 9.17) is 4.74 Å². The number of rotatable bonds is 5. The Hall–Kier alpha value is -2.56. The number of pyridine rings is 1. The molecule has 0 spiro atoms. The molecule has 2 aromatic heterocycles. The SMILES string of the molecule is COc1ccccc1CC(C)N(C)c1ccnc2c1c(C)nn2C. The van der Waals surface area contributed by atoms with E-state index in [1.165, 1.54) is 5.56 Å². The van der Waals surface area contributed by atoms with Crippen LogP contribution in [0.1, 0.15) is 18.2 Å². The fourth-order valence-electron chi connectivity index (χ4n) is 3.21. The predicted molar refractivity (Wildman–Crippen MR) is 97.8 cm³/mol. The number of methoxy groups -OCH3 is 1. The van der Waals surface area contributed by atoms with Crippen LogP contribution in [0.3, 0.4) is 0 Å². The molecule has 5 heteroatoms. The highest BCUT2D eigenvalue weighted by molar-refractivity contribution is 5.91. The lowest BCUT2D eigenvalue weighted by atomic mass is 10.0. The monoisotopic (exact) mass is 324 g/mol. The fraction of sp³-hybridized carbons (Fsp3) is 0.368. The molecule has 0 saturated heterocycles. The van der Waals surface area contributed by atoms with Gasteiger partial charge >= 0.3 is 0 Å². The smallest absolute Gasteiger partial charge is 0.159 e. The van der Waals surface area contributed by atoms with E-state index in [0.29, 0.717) is 6.04 Å². The lowest BCUT2D eigenvalue weighted by Crippen LogP contribution is -2.31. The summed E-state index contributed by atoms with van der Waals surface area (Å²) in [5.74, 6) is 0.940. The average Bonchev–Trinajstić information content (AvgIpc) is 2.89. The molecule has 0 radical (unpaired) electrons. The number of fused-ring (bicyclic) bond motifs is 1. The summed E-state index contributed by atoms with van der Waals surface area (Å²) < 4.78 is 7.32. The Morgan fingerprint density at radius 3 is 2.75 bits per heavy atom. The topological polar surface area (TPSA) is 43.2 Å². The van der Waals surface area contributed by atoms with Crippen LogP contribution in [0.4, 0.5) is 5.69 Å². The zero-order valence-corrected chi connectivity index (χ0v) is 14.9. The van der Waals surface area contributed by atoms with Gasteiger partial charge in [-0.1, -0.05) is 18.2 Å². The second-order valence-corrected chi connectivity index (χ2v) is 6.21. The van der Waals surface area contributed by atoms with Crippen molar-refractivity contribution in [2.24, 2.45) is 7.05 Å². The molecule has 0 aliphatic carbocycles. The Morgan fingerprint density at radius 1 is 1.25 bits per heavy atom. The molecule has 0 fully saturated rings. The van der Waals surface area contributed by atoms with Crippen LogP contribution in [-0.4, -0.2) is 35.0 Å². The van der Waals surface area contributed by atoms with Crippen LogP contribution in [0.5, 0.6) is 5.75 Å². The van der Waals surface area contributed by atoms with Gasteiger partial charge < -0.3 is 9.64 Å². The summed E-state index contributed by atoms with van der Waals surface area (Å²) in [5.41, 5.74) is 4.30. The molecule has 2 heterocycles. The van der Waals surface area contributed by atoms with Gasteiger partial charge in [0.1, 0.15) is 5.75 Å². The van der Waals surface area contributed by atoms with Crippen LogP contribution in [0.15, 0.2) is 36.5 Å². The maximum Gasteiger partial charge on any atom is 0.159 e. The summed E-state index contributed by atoms with van der Waals surface area (Å²) in [5, 5.41) is 5.63. The van der Waals surface area contributed by atoms with Gasteiger partial charge in [0.05, 0.1) is 23.9 Å². The Bertz CT molecular complexity index is 856. The van der Waals surface area contributed by atoms with Crippen LogP contribution in [0.2, 0.25) is 0 Å². The van der Waals surface area contributed by atoms with Crippen LogP contribution in [-0.2, 0) is 13.5 Å². The lowest BCUT2D eigenvalue weighted by molar-refractivity contribution is 0.408. The molecule has 24 heavy (non-hydrogen) atoms. The van der Waals surface area contributed by atoms with Crippen LogP contribution < -0.4 is 9.64 Å². The second-order valence-electron chi connectivity index (χ2n) is 6.21. The Morgan fingerprint density at radius 2 is 2.00 bits per heavy atom. The molecule has 1 atom stereocenters. The van der Waals surface area contributed by atoms with Gasteiger partial charge in [-0.05, 0) is 38.0 Å². The number of para-hydroxylation sites is 1. The zero-order chi connectivity index (χ0) is 17.3. The molecular weight excluding hydrogens is 300 g/mol. The standard InChI is InChI=1S/C19H24N4O/c1-13(12-15-8-6-7-9-17(15)24-5)22(3)16-10-11-20-19-18(16)14(2)21-23(19)4/h6-11,13H,12H2,1-5H3. The molecule has 1 aromatic carbocycles. The van der Waals surface area contributed by atoms with Crippen molar-refractivity contribution in [1.82, 2.24) is 14.8 Å². The van der Waals surface area contributed by atoms with Gasteiger partial charge in [-0.2, -0.15) is 5.10 Å². The molecule has 3 aromatic rings. The molecule has 0 aliphatic heterocycles. The lowest BCUT2D eigenvalue weighted by Gasteiger charge is -2.28. The zero-order valence-electron chi connectivity index (χ0n) is 14.9. The van der Waals surface area contributed by atoms with Crippen LogP contribution >= 0.6 is 0 Å². The highest BCUT2D eigenvalue weighted by atomic mass is 16.5. The van der Waals surface area contributed by atoms with Gasteiger partial charge in [0.15, 0.2) is 5.65 Å². The van der Waals surface area contributed by atoms with Crippen molar-refractivity contribution >= 4 is 16.7 Å². The number of aryl methyl sites for hydroxylation is 2. The molecule has 0 N–H and O–H groups in total. The summed E-state index contributed by atoms with van der Waals surface area (Å²) in [7, 11) is 5.78. The first-order valence-electron chi connectivity index (χ1n) is 8.16. The Labute approximate surface area is 142 Å². The van der Waals surface area contributed by atoms with E-state index in [-0.39, 0.29) is 0 Å².